The van der Waals surface area contributed by atoms with Crippen molar-refractivity contribution in [2.45, 2.75) is 44.3 Å². The highest BCUT2D eigenvalue weighted by molar-refractivity contribution is 9.10. The van der Waals surface area contributed by atoms with Gasteiger partial charge in [0.2, 0.25) is 0 Å². The summed E-state index contributed by atoms with van der Waals surface area (Å²) in [6.45, 7) is 3.15. The number of hydrogen-bond acceptors (Lipinski definition) is 2. The molecule has 104 valence electrons. The first kappa shape index (κ1) is 13.5. The molecule has 1 aromatic rings. The van der Waals surface area contributed by atoms with Crippen molar-refractivity contribution < 1.29 is 4.39 Å². The third kappa shape index (κ3) is 3.18. The van der Waals surface area contributed by atoms with Crippen LogP contribution in [0.25, 0.3) is 0 Å². The molecule has 2 aliphatic heterocycles. The Hall–Kier alpha value is -0.450. The van der Waals surface area contributed by atoms with E-state index in [9.17, 15) is 4.39 Å². The van der Waals surface area contributed by atoms with Gasteiger partial charge in [-0.25, -0.2) is 4.39 Å². The number of halogens is 2. The van der Waals surface area contributed by atoms with Gasteiger partial charge in [0.15, 0.2) is 0 Å². The van der Waals surface area contributed by atoms with Gasteiger partial charge in [-0.3, -0.25) is 4.90 Å². The van der Waals surface area contributed by atoms with Crippen LogP contribution in [-0.2, 0) is 6.54 Å². The molecule has 0 spiro atoms. The predicted molar refractivity (Wildman–Crippen MR) is 78.6 cm³/mol. The number of nitrogens with zero attached hydrogens (tertiary/aromatic N) is 1. The molecule has 2 unspecified atom stereocenters. The monoisotopic (exact) mass is 326 g/mol. The van der Waals surface area contributed by atoms with Gasteiger partial charge in [0, 0.05) is 23.1 Å². The molecule has 1 aromatic carbocycles. The first-order valence-corrected chi connectivity index (χ1v) is 7.94. The minimum atomic E-state index is -0.154. The largest absolute Gasteiger partial charge is 0.312 e. The minimum absolute atomic E-state index is 0.154. The lowest BCUT2D eigenvalue weighted by atomic mass is 10.0. The van der Waals surface area contributed by atoms with E-state index in [1.807, 2.05) is 6.07 Å². The second kappa shape index (κ2) is 5.90. The maximum atomic E-state index is 13.4. The van der Waals surface area contributed by atoms with Crippen LogP contribution in [-0.4, -0.2) is 30.1 Å². The lowest BCUT2D eigenvalue weighted by molar-refractivity contribution is 0.206. The fourth-order valence-electron chi connectivity index (χ4n) is 3.48. The Morgan fingerprint density at radius 3 is 2.89 bits per heavy atom. The Morgan fingerprint density at radius 1 is 1.26 bits per heavy atom. The number of likely N-dealkylation sites (tertiary alicyclic amines) is 1. The summed E-state index contributed by atoms with van der Waals surface area (Å²) in [6.07, 6.45) is 5.11. The lowest BCUT2D eigenvalue weighted by Crippen LogP contribution is -2.43. The van der Waals surface area contributed by atoms with Gasteiger partial charge in [-0.15, -0.1) is 0 Å². The highest BCUT2D eigenvalue weighted by Gasteiger charge is 2.32. The maximum Gasteiger partial charge on any atom is 0.124 e. The van der Waals surface area contributed by atoms with Crippen molar-refractivity contribution in [1.82, 2.24) is 10.2 Å². The minimum Gasteiger partial charge on any atom is -0.312 e. The van der Waals surface area contributed by atoms with Gasteiger partial charge in [-0.2, -0.15) is 0 Å². The predicted octanol–water partition coefficient (Wildman–Crippen LogP) is 3.30. The smallest absolute Gasteiger partial charge is 0.124 e. The third-order valence-electron chi connectivity index (χ3n) is 4.29. The van der Waals surface area contributed by atoms with Gasteiger partial charge >= 0.3 is 0 Å². The normalized spacial score (nSPS) is 28.1. The van der Waals surface area contributed by atoms with Crippen LogP contribution in [0.15, 0.2) is 22.7 Å². The molecular weight excluding hydrogens is 307 g/mol. The van der Waals surface area contributed by atoms with Gasteiger partial charge < -0.3 is 5.32 Å². The van der Waals surface area contributed by atoms with Crippen LogP contribution >= 0.6 is 15.9 Å². The second-order valence-electron chi connectivity index (χ2n) is 5.66. The topological polar surface area (TPSA) is 15.3 Å². The van der Waals surface area contributed by atoms with Crippen molar-refractivity contribution in [3.63, 3.8) is 0 Å². The summed E-state index contributed by atoms with van der Waals surface area (Å²) in [7, 11) is 0. The van der Waals surface area contributed by atoms with Crippen LogP contribution in [0.4, 0.5) is 4.39 Å². The van der Waals surface area contributed by atoms with Crippen molar-refractivity contribution >= 4 is 15.9 Å². The van der Waals surface area contributed by atoms with Crippen molar-refractivity contribution in [2.75, 3.05) is 13.1 Å². The molecule has 0 bridgehead atoms. The van der Waals surface area contributed by atoms with Crippen molar-refractivity contribution in [2.24, 2.45) is 0 Å². The van der Waals surface area contributed by atoms with Gasteiger partial charge in [-0.1, -0.05) is 15.9 Å². The zero-order chi connectivity index (χ0) is 13.2. The first-order chi connectivity index (χ1) is 9.22. The summed E-state index contributed by atoms with van der Waals surface area (Å²) in [4.78, 5) is 2.52. The highest BCUT2D eigenvalue weighted by atomic mass is 79.9. The zero-order valence-electron chi connectivity index (χ0n) is 11.0. The van der Waals surface area contributed by atoms with E-state index in [2.05, 4.69) is 26.1 Å². The Morgan fingerprint density at radius 2 is 2.16 bits per heavy atom. The van der Waals surface area contributed by atoms with Gasteiger partial charge in [-0.05, 0) is 62.5 Å². The molecule has 2 fully saturated rings. The molecule has 1 N–H and O–H groups in total. The zero-order valence-corrected chi connectivity index (χ0v) is 12.6. The SMILES string of the molecule is Fc1cc(Br)cc(CN2CCCC2C2CCCN2)c1. The summed E-state index contributed by atoms with van der Waals surface area (Å²) < 4.78 is 14.3. The van der Waals surface area contributed by atoms with E-state index in [-0.39, 0.29) is 5.82 Å². The van der Waals surface area contributed by atoms with Crippen LogP contribution in [0.1, 0.15) is 31.2 Å². The molecule has 2 heterocycles. The molecule has 3 rings (SSSR count). The molecule has 2 atom stereocenters. The lowest BCUT2D eigenvalue weighted by Gasteiger charge is -2.29. The molecule has 2 nitrogen and oxygen atoms in total. The first-order valence-electron chi connectivity index (χ1n) is 7.15. The molecule has 19 heavy (non-hydrogen) atoms. The highest BCUT2D eigenvalue weighted by Crippen LogP contribution is 2.27. The van der Waals surface area contributed by atoms with E-state index in [1.54, 1.807) is 6.07 Å². The average Bonchev–Trinajstić information content (AvgIpc) is 2.96. The molecule has 0 radical (unpaired) electrons. The van der Waals surface area contributed by atoms with E-state index in [4.69, 9.17) is 0 Å². The molecule has 4 heteroatoms. The van der Waals surface area contributed by atoms with E-state index in [0.717, 1.165) is 29.7 Å². The Balaban J connectivity index is 1.70. The van der Waals surface area contributed by atoms with Crippen LogP contribution in [0.2, 0.25) is 0 Å². The molecule has 2 aliphatic rings. The fraction of sp³-hybridized carbons (Fsp3) is 0.600. The van der Waals surface area contributed by atoms with Crippen LogP contribution in [0.5, 0.6) is 0 Å². The summed E-state index contributed by atoms with van der Waals surface area (Å²) in [5, 5.41) is 3.61. The Kier molecular flexibility index (Phi) is 4.20. The Labute approximate surface area is 122 Å². The Bertz CT molecular complexity index is 426. The number of benzene rings is 1. The van der Waals surface area contributed by atoms with E-state index < -0.39 is 0 Å². The van der Waals surface area contributed by atoms with Gasteiger partial charge in [0.05, 0.1) is 0 Å². The quantitative estimate of drug-likeness (QED) is 0.916. The van der Waals surface area contributed by atoms with Crippen molar-refractivity contribution in [1.29, 1.82) is 0 Å². The van der Waals surface area contributed by atoms with Gasteiger partial charge in [0.1, 0.15) is 5.82 Å². The van der Waals surface area contributed by atoms with E-state index >= 15 is 0 Å². The summed E-state index contributed by atoms with van der Waals surface area (Å²) in [6, 6.07) is 6.47. The van der Waals surface area contributed by atoms with Crippen LogP contribution in [0.3, 0.4) is 0 Å². The number of rotatable bonds is 3. The summed E-state index contributed by atoms with van der Waals surface area (Å²) >= 11 is 3.37. The standard InChI is InChI=1S/C15H20BrFN2/c16-12-7-11(8-13(17)9-12)10-19-6-2-4-15(19)14-3-1-5-18-14/h7-9,14-15,18H,1-6,10H2. The van der Waals surface area contributed by atoms with Crippen LogP contribution < -0.4 is 5.32 Å². The van der Waals surface area contributed by atoms with Crippen LogP contribution in [0, 0.1) is 5.82 Å². The van der Waals surface area contributed by atoms with E-state index in [1.165, 1.54) is 31.7 Å². The number of nitrogens with one attached hydrogen (secondary N) is 1. The maximum absolute atomic E-state index is 13.4. The van der Waals surface area contributed by atoms with Gasteiger partial charge in [0.25, 0.3) is 0 Å². The van der Waals surface area contributed by atoms with Crippen molar-refractivity contribution in [3.8, 4) is 0 Å². The third-order valence-corrected chi connectivity index (χ3v) is 4.74. The summed E-state index contributed by atoms with van der Waals surface area (Å²) in [5.41, 5.74) is 1.07. The van der Waals surface area contributed by atoms with Crippen molar-refractivity contribution in [3.05, 3.63) is 34.1 Å². The summed E-state index contributed by atoms with van der Waals surface area (Å²) in [5.74, 6) is -0.154. The van der Waals surface area contributed by atoms with E-state index in [0.29, 0.717) is 12.1 Å². The molecular formula is C15H20BrFN2. The fourth-order valence-corrected chi connectivity index (χ4v) is 3.99. The molecule has 2 saturated heterocycles. The average molecular weight is 327 g/mol. The molecule has 0 aliphatic carbocycles. The molecule has 0 saturated carbocycles. The number of hydrogen-bond donors (Lipinski definition) is 1. The molecule has 0 aromatic heterocycles. The molecule has 0 amide bonds. The second-order valence-corrected chi connectivity index (χ2v) is 6.58.